The van der Waals surface area contributed by atoms with Crippen molar-refractivity contribution >= 4 is 50.6 Å². The maximum Gasteiger partial charge on any atom is 0.319 e. The van der Waals surface area contributed by atoms with Gasteiger partial charge in [-0.05, 0) is 122 Å². The highest BCUT2D eigenvalue weighted by molar-refractivity contribution is 7.13. The van der Waals surface area contributed by atoms with E-state index < -0.39 is 35.3 Å². The SMILES string of the molecule is CCc1c(F)ccc2cc(O)cc(-c3ncc4c(N5CCC[C@@](C)(O)C5)nc(OCC5(CN6CCC(Oc7cc([C@H](C(=O)N8C[C@H](O)C[C@H]8C(=O)N[C@@H](C)c8ccc(-c9scnc9C)cc8)C(C)C)on7)CC6)CC5)nc4c3F)c12. The second-order valence-electron chi connectivity index (χ2n) is 23.2. The van der Waals surface area contributed by atoms with Gasteiger partial charge in [-0.2, -0.15) is 9.97 Å². The molecule has 80 heavy (non-hydrogen) atoms. The van der Waals surface area contributed by atoms with E-state index in [0.29, 0.717) is 65.7 Å². The van der Waals surface area contributed by atoms with Gasteiger partial charge in [0.15, 0.2) is 11.6 Å². The summed E-state index contributed by atoms with van der Waals surface area (Å²) in [7, 11) is 0. The number of carbonyl (C=O) groups is 2. The molecule has 422 valence electrons. The number of anilines is 1. The number of hydrogen-bond acceptors (Lipinski definition) is 16. The molecule has 5 atom stereocenters. The number of aryl methyl sites for hydroxylation is 2. The number of benzene rings is 3. The van der Waals surface area contributed by atoms with Crippen LogP contribution >= 0.6 is 11.3 Å². The van der Waals surface area contributed by atoms with E-state index in [2.05, 4.69) is 30.3 Å². The number of likely N-dealkylation sites (tertiary alicyclic amines) is 2. The number of aliphatic hydroxyl groups is 2. The zero-order chi connectivity index (χ0) is 56.2. The lowest BCUT2D eigenvalue weighted by molar-refractivity contribution is -0.141. The highest BCUT2D eigenvalue weighted by atomic mass is 32.1. The van der Waals surface area contributed by atoms with Crippen LogP contribution in [0.25, 0.3) is 43.4 Å². The number of phenols is 1. The summed E-state index contributed by atoms with van der Waals surface area (Å²) < 4.78 is 51.1. The third-order valence-corrected chi connectivity index (χ3v) is 17.6. The smallest absolute Gasteiger partial charge is 0.319 e. The van der Waals surface area contributed by atoms with Gasteiger partial charge in [-0.1, -0.05) is 51.1 Å². The number of nitrogens with one attached hydrogen (secondary N) is 1. The van der Waals surface area contributed by atoms with Gasteiger partial charge in [-0.15, -0.1) is 11.3 Å². The molecule has 0 spiro atoms. The summed E-state index contributed by atoms with van der Waals surface area (Å²) in [4.78, 5) is 53.6. The third-order valence-electron chi connectivity index (χ3n) is 16.6. The number of pyridine rings is 1. The fraction of sp³-hybridized carbons (Fsp3) is 0.483. The number of aliphatic hydroxyl groups excluding tert-OH is 1. The number of rotatable bonds is 17. The maximum absolute atomic E-state index is 17.2. The zero-order valence-corrected chi connectivity index (χ0v) is 46.9. The van der Waals surface area contributed by atoms with Gasteiger partial charge in [0.2, 0.25) is 11.8 Å². The number of carbonyl (C=O) groups excluding carboxylic acids is 2. The van der Waals surface area contributed by atoms with Crippen LogP contribution in [0.4, 0.5) is 14.6 Å². The standard InChI is InChI=1S/C60H69F2N9O8S/c1-7-42-45(61)14-13-38-23-39(72)24-43(50(38)42)52-51(62)53-44(27-63-52)55(70-20-8-17-59(6,76)29-70)67-58(66-53)77-31-60(18-19-60)30-69-21-15-41(16-22-69)78-48-26-47(79-68-48)49(33(2)3)57(75)71-28-40(73)25-46(71)56(74)65-34(4)36-9-11-37(12-10-36)54-35(5)64-32-80-54/h9-14,23-24,26-27,32-34,40-41,46,49,72-73,76H,7-8,15-22,25,28-31H2,1-6H3,(H,65,74)/t34-,40+,46-,49+,59+/m0/s1. The molecule has 11 rings (SSSR count). The molecule has 0 bridgehead atoms. The molecule has 0 unspecified atom stereocenters. The number of piperidine rings is 2. The number of ether oxygens (including phenoxy) is 2. The van der Waals surface area contributed by atoms with E-state index >= 15 is 8.78 Å². The Morgan fingerprint density at radius 1 is 1.00 bits per heavy atom. The Morgan fingerprint density at radius 2 is 1.77 bits per heavy atom. The molecule has 3 saturated heterocycles. The van der Waals surface area contributed by atoms with Crippen molar-refractivity contribution in [2.45, 2.75) is 129 Å². The van der Waals surface area contributed by atoms with Crippen LogP contribution < -0.4 is 19.7 Å². The first kappa shape index (κ1) is 55.1. The number of thiazole rings is 1. The van der Waals surface area contributed by atoms with Crippen molar-refractivity contribution < 1.29 is 47.7 Å². The van der Waals surface area contributed by atoms with Crippen LogP contribution in [-0.4, -0.2) is 132 Å². The molecule has 7 aromatic rings. The van der Waals surface area contributed by atoms with Crippen LogP contribution in [0.5, 0.6) is 17.6 Å². The van der Waals surface area contributed by atoms with Gasteiger partial charge >= 0.3 is 6.01 Å². The van der Waals surface area contributed by atoms with Gasteiger partial charge in [0.1, 0.15) is 46.7 Å². The molecule has 1 saturated carbocycles. The average molecular weight is 1110 g/mol. The van der Waals surface area contributed by atoms with E-state index in [1.54, 1.807) is 30.4 Å². The summed E-state index contributed by atoms with van der Waals surface area (Å²) in [5, 5.41) is 41.4. The van der Waals surface area contributed by atoms with Crippen molar-refractivity contribution in [1.29, 1.82) is 0 Å². The van der Waals surface area contributed by atoms with Crippen molar-refractivity contribution in [2.75, 3.05) is 50.8 Å². The first-order valence-corrected chi connectivity index (χ1v) is 28.8. The second-order valence-corrected chi connectivity index (χ2v) is 24.0. The van der Waals surface area contributed by atoms with Crippen molar-refractivity contribution in [3.8, 4) is 39.3 Å². The van der Waals surface area contributed by atoms with Gasteiger partial charge in [-0.25, -0.2) is 13.8 Å². The number of nitrogens with zero attached hydrogens (tertiary/aromatic N) is 8. The Kier molecular flexibility index (Phi) is 15.3. The van der Waals surface area contributed by atoms with Crippen LogP contribution in [-0.2, 0) is 16.0 Å². The molecule has 2 amide bonds. The molecule has 3 aliphatic heterocycles. The average Bonchev–Trinajstić information content (AvgIpc) is 3.71. The Morgan fingerprint density at radius 3 is 2.48 bits per heavy atom. The summed E-state index contributed by atoms with van der Waals surface area (Å²) in [5.41, 5.74) is 4.07. The van der Waals surface area contributed by atoms with Crippen LogP contribution in [0.15, 0.2) is 70.8 Å². The largest absolute Gasteiger partial charge is 0.508 e. The lowest BCUT2D eigenvalue weighted by Gasteiger charge is -2.38. The quantitative estimate of drug-likeness (QED) is 0.0669. The molecule has 7 heterocycles. The Labute approximate surface area is 467 Å². The van der Waals surface area contributed by atoms with Gasteiger partial charge < -0.3 is 49.3 Å². The Bertz CT molecular complexity index is 3430. The first-order valence-electron chi connectivity index (χ1n) is 27.9. The first-order chi connectivity index (χ1) is 38.4. The fourth-order valence-corrected chi connectivity index (χ4v) is 12.9. The molecule has 17 nitrogen and oxygen atoms in total. The summed E-state index contributed by atoms with van der Waals surface area (Å²) in [6, 6.07) is 14.3. The molecule has 4 aromatic heterocycles. The summed E-state index contributed by atoms with van der Waals surface area (Å²) in [6.07, 6.45) is 5.52. The van der Waals surface area contributed by atoms with Crippen molar-refractivity contribution in [3.63, 3.8) is 0 Å². The van der Waals surface area contributed by atoms with Crippen molar-refractivity contribution in [2.24, 2.45) is 11.3 Å². The van der Waals surface area contributed by atoms with Gasteiger partial charge in [-0.3, -0.25) is 14.6 Å². The number of halogens is 2. The molecule has 4 aliphatic rings. The monoisotopic (exact) mass is 1110 g/mol. The number of hydrogen-bond donors (Lipinski definition) is 4. The highest BCUT2D eigenvalue weighted by Crippen LogP contribution is 2.47. The number of aromatic nitrogens is 5. The maximum atomic E-state index is 17.2. The summed E-state index contributed by atoms with van der Waals surface area (Å²) in [6.45, 7) is 14.7. The van der Waals surface area contributed by atoms with Crippen LogP contribution in [0.3, 0.4) is 0 Å². The minimum absolute atomic E-state index is 0.00389. The molecule has 3 aromatic carbocycles. The number of aromatic hydroxyl groups is 1. The second kappa shape index (κ2) is 22.2. The molecule has 4 N–H and O–H groups in total. The minimum atomic E-state index is -1.00. The van der Waals surface area contributed by atoms with Crippen LogP contribution in [0, 0.1) is 29.9 Å². The summed E-state index contributed by atoms with van der Waals surface area (Å²) >= 11 is 1.58. The Hall–Kier alpha value is -6.87. The molecular formula is C60H69F2N9O8S. The molecule has 20 heteroatoms. The normalized spacial score (nSPS) is 21.3. The number of β-amino-alcohol motifs (C(OH)–C–C–N with tert-alkyl or cyclic N) is 2. The molecular weight excluding hydrogens is 1040 g/mol. The van der Waals surface area contributed by atoms with E-state index in [9.17, 15) is 24.9 Å². The molecule has 0 radical (unpaired) electrons. The molecule has 1 aliphatic carbocycles. The number of fused-ring (bicyclic) bond motifs is 2. The van der Waals surface area contributed by atoms with Gasteiger partial charge in [0, 0.05) is 68.9 Å². The fourth-order valence-electron chi connectivity index (χ4n) is 12.1. The number of phenolic OH excluding ortho intramolecular Hbond substituents is 1. The van der Waals surface area contributed by atoms with Crippen molar-refractivity contribution in [3.05, 3.63) is 101 Å². The topological polar surface area (TPSA) is 213 Å². The lowest BCUT2D eigenvalue weighted by atomic mass is 9.91. The van der Waals surface area contributed by atoms with E-state index in [1.807, 2.05) is 69.3 Å². The van der Waals surface area contributed by atoms with Crippen molar-refractivity contribution in [1.82, 2.24) is 40.2 Å². The van der Waals surface area contributed by atoms with E-state index in [0.717, 1.165) is 67.0 Å². The molecule has 4 fully saturated rings. The van der Waals surface area contributed by atoms with Crippen LogP contribution in [0.1, 0.15) is 114 Å². The predicted octanol–water partition coefficient (Wildman–Crippen LogP) is 9.44. The van der Waals surface area contributed by atoms with E-state index in [4.69, 9.17) is 19.0 Å². The summed E-state index contributed by atoms with van der Waals surface area (Å²) in [5.74, 6) is -1.96. The van der Waals surface area contributed by atoms with E-state index in [1.165, 1.54) is 29.3 Å². The van der Waals surface area contributed by atoms with Crippen LogP contribution in [0.2, 0.25) is 0 Å². The highest BCUT2D eigenvalue weighted by Gasteiger charge is 2.47. The third kappa shape index (κ3) is 11.3. The predicted molar refractivity (Wildman–Crippen MR) is 300 cm³/mol. The number of amides is 2. The minimum Gasteiger partial charge on any atom is -0.508 e. The Balaban J connectivity index is 0.728. The lowest BCUT2D eigenvalue weighted by Crippen LogP contribution is -2.48. The van der Waals surface area contributed by atoms with E-state index in [-0.39, 0.29) is 89.2 Å². The van der Waals surface area contributed by atoms with Gasteiger partial charge in [0.05, 0.1) is 45.8 Å². The van der Waals surface area contributed by atoms with Gasteiger partial charge in [0.25, 0.3) is 5.88 Å². The zero-order valence-electron chi connectivity index (χ0n) is 46.0.